The molecule has 3 rings (SSSR count). The summed E-state index contributed by atoms with van der Waals surface area (Å²) in [6, 6.07) is 2.92. The smallest absolute Gasteiger partial charge is 0.0755 e. The van der Waals surface area contributed by atoms with Crippen LogP contribution in [0.25, 0.3) is 0 Å². The summed E-state index contributed by atoms with van der Waals surface area (Å²) in [4.78, 5) is 1.33. The van der Waals surface area contributed by atoms with Crippen molar-refractivity contribution in [2.45, 2.75) is 45.8 Å². The third-order valence-electron chi connectivity index (χ3n) is 3.60. The molecule has 2 aromatic heterocycles. The standard InChI is InChI=1S/C14H18BrN3S/c1-9-14(6-16-12-3-4-12)10(2)18(17-9)7-13-5-11(15)8-19-13/h5,8,12,16H,3-4,6-7H2,1-2H3. The van der Waals surface area contributed by atoms with Gasteiger partial charge < -0.3 is 5.32 Å². The number of hydrogen-bond donors (Lipinski definition) is 1. The molecule has 0 unspecified atom stereocenters. The zero-order chi connectivity index (χ0) is 13.4. The van der Waals surface area contributed by atoms with Crippen molar-refractivity contribution in [3.05, 3.63) is 37.7 Å². The molecule has 102 valence electrons. The first-order valence-electron chi connectivity index (χ1n) is 6.62. The van der Waals surface area contributed by atoms with Gasteiger partial charge in [0.05, 0.1) is 12.2 Å². The maximum Gasteiger partial charge on any atom is 0.0755 e. The molecule has 2 heterocycles. The van der Waals surface area contributed by atoms with Crippen LogP contribution in [0.2, 0.25) is 0 Å². The zero-order valence-corrected chi connectivity index (χ0v) is 13.6. The molecule has 1 N–H and O–H groups in total. The zero-order valence-electron chi connectivity index (χ0n) is 11.2. The maximum atomic E-state index is 4.68. The van der Waals surface area contributed by atoms with Crippen LogP contribution in [0.3, 0.4) is 0 Å². The van der Waals surface area contributed by atoms with E-state index in [0.29, 0.717) is 0 Å². The monoisotopic (exact) mass is 339 g/mol. The van der Waals surface area contributed by atoms with E-state index in [1.54, 1.807) is 11.3 Å². The number of aromatic nitrogens is 2. The summed E-state index contributed by atoms with van der Waals surface area (Å²) in [6.07, 6.45) is 2.66. The first-order chi connectivity index (χ1) is 9.13. The van der Waals surface area contributed by atoms with Gasteiger partial charge in [0.1, 0.15) is 0 Å². The van der Waals surface area contributed by atoms with Gasteiger partial charge in [-0.05, 0) is 48.7 Å². The molecule has 3 nitrogen and oxygen atoms in total. The van der Waals surface area contributed by atoms with Crippen molar-refractivity contribution >= 4 is 27.3 Å². The highest BCUT2D eigenvalue weighted by Gasteiger charge is 2.21. The van der Waals surface area contributed by atoms with Crippen molar-refractivity contribution in [3.8, 4) is 0 Å². The Hall–Kier alpha value is -0.650. The van der Waals surface area contributed by atoms with Crippen molar-refractivity contribution < 1.29 is 0 Å². The number of aryl methyl sites for hydroxylation is 1. The largest absolute Gasteiger partial charge is 0.310 e. The second-order valence-corrected chi connectivity index (χ2v) is 7.10. The highest BCUT2D eigenvalue weighted by atomic mass is 79.9. The van der Waals surface area contributed by atoms with E-state index in [1.165, 1.54) is 29.0 Å². The van der Waals surface area contributed by atoms with Crippen molar-refractivity contribution in [1.29, 1.82) is 0 Å². The highest BCUT2D eigenvalue weighted by molar-refractivity contribution is 9.10. The summed E-state index contributed by atoms with van der Waals surface area (Å²) < 4.78 is 3.28. The molecule has 0 atom stereocenters. The van der Waals surface area contributed by atoms with Gasteiger partial charge >= 0.3 is 0 Å². The van der Waals surface area contributed by atoms with E-state index in [9.17, 15) is 0 Å². The van der Waals surface area contributed by atoms with Crippen molar-refractivity contribution in [2.75, 3.05) is 0 Å². The summed E-state index contributed by atoms with van der Waals surface area (Å²) in [5.41, 5.74) is 3.80. The Kier molecular flexibility index (Phi) is 3.78. The third-order valence-corrected chi connectivity index (χ3v) is 5.29. The number of nitrogens with one attached hydrogen (secondary N) is 1. The van der Waals surface area contributed by atoms with Gasteiger partial charge in [0, 0.05) is 38.6 Å². The maximum absolute atomic E-state index is 4.68. The second-order valence-electron chi connectivity index (χ2n) is 5.19. The van der Waals surface area contributed by atoms with Crippen molar-refractivity contribution in [1.82, 2.24) is 15.1 Å². The summed E-state index contributed by atoms with van der Waals surface area (Å²) >= 11 is 5.28. The minimum absolute atomic E-state index is 0.746. The van der Waals surface area contributed by atoms with E-state index in [2.05, 4.69) is 56.3 Å². The Balaban J connectivity index is 1.75. The minimum atomic E-state index is 0.746. The molecule has 0 amide bonds. The highest BCUT2D eigenvalue weighted by Crippen LogP contribution is 2.23. The van der Waals surface area contributed by atoms with Gasteiger partial charge in [-0.15, -0.1) is 11.3 Å². The Morgan fingerprint density at radius 2 is 2.26 bits per heavy atom. The number of halogens is 1. The summed E-state index contributed by atoms with van der Waals surface area (Å²) in [6.45, 7) is 6.10. The minimum Gasteiger partial charge on any atom is -0.310 e. The van der Waals surface area contributed by atoms with Gasteiger partial charge in [-0.2, -0.15) is 5.10 Å². The van der Waals surface area contributed by atoms with Crippen molar-refractivity contribution in [3.63, 3.8) is 0 Å². The lowest BCUT2D eigenvalue weighted by molar-refractivity contribution is 0.657. The average molecular weight is 340 g/mol. The van der Waals surface area contributed by atoms with E-state index in [4.69, 9.17) is 0 Å². The fraction of sp³-hybridized carbons (Fsp3) is 0.500. The fourth-order valence-electron chi connectivity index (χ4n) is 2.26. The fourth-order valence-corrected chi connectivity index (χ4v) is 3.69. The first-order valence-corrected chi connectivity index (χ1v) is 8.30. The third kappa shape index (κ3) is 3.09. The van der Waals surface area contributed by atoms with Crippen LogP contribution in [0.1, 0.15) is 34.7 Å². The quantitative estimate of drug-likeness (QED) is 0.901. The molecule has 1 aliphatic rings. The topological polar surface area (TPSA) is 29.9 Å². The lowest BCUT2D eigenvalue weighted by atomic mass is 10.2. The molecule has 0 aliphatic heterocycles. The van der Waals surface area contributed by atoms with Gasteiger partial charge in [-0.25, -0.2) is 0 Å². The number of thiophene rings is 1. The van der Waals surface area contributed by atoms with Crippen LogP contribution in [0.5, 0.6) is 0 Å². The van der Waals surface area contributed by atoms with Gasteiger partial charge in [-0.3, -0.25) is 4.68 Å². The molecule has 5 heteroatoms. The lowest BCUT2D eigenvalue weighted by Crippen LogP contribution is -2.16. The Morgan fingerprint density at radius 1 is 1.47 bits per heavy atom. The molecule has 0 spiro atoms. The SMILES string of the molecule is Cc1nn(Cc2cc(Br)cs2)c(C)c1CNC1CC1. The first kappa shape index (κ1) is 13.3. The van der Waals surface area contributed by atoms with Crippen LogP contribution in [0.15, 0.2) is 15.9 Å². The summed E-state index contributed by atoms with van der Waals surface area (Å²) in [7, 11) is 0. The van der Waals surface area contributed by atoms with E-state index >= 15 is 0 Å². The normalized spacial score (nSPS) is 15.1. The van der Waals surface area contributed by atoms with E-state index in [0.717, 1.165) is 29.3 Å². The van der Waals surface area contributed by atoms with Crippen LogP contribution in [-0.2, 0) is 13.1 Å². The molecule has 1 saturated carbocycles. The van der Waals surface area contributed by atoms with Crippen LogP contribution in [0.4, 0.5) is 0 Å². The predicted molar refractivity (Wildman–Crippen MR) is 82.7 cm³/mol. The molecule has 19 heavy (non-hydrogen) atoms. The van der Waals surface area contributed by atoms with Gasteiger partial charge in [0.2, 0.25) is 0 Å². The molecule has 0 saturated heterocycles. The molecule has 1 aliphatic carbocycles. The van der Waals surface area contributed by atoms with Crippen LogP contribution < -0.4 is 5.32 Å². The van der Waals surface area contributed by atoms with E-state index in [1.807, 2.05) is 0 Å². The number of hydrogen-bond acceptors (Lipinski definition) is 3. The molecule has 0 bridgehead atoms. The molecular weight excluding hydrogens is 322 g/mol. The van der Waals surface area contributed by atoms with Crippen LogP contribution >= 0.6 is 27.3 Å². The summed E-state index contributed by atoms with van der Waals surface area (Å²) in [5.74, 6) is 0. The van der Waals surface area contributed by atoms with Gasteiger partial charge in [0.15, 0.2) is 0 Å². The predicted octanol–water partition coefficient (Wildman–Crippen LogP) is 3.62. The summed E-state index contributed by atoms with van der Waals surface area (Å²) in [5, 5.41) is 10.4. The Labute approximate surface area is 126 Å². The lowest BCUT2D eigenvalue weighted by Gasteiger charge is -2.05. The molecule has 0 radical (unpaired) electrons. The van der Waals surface area contributed by atoms with Crippen LogP contribution in [-0.4, -0.2) is 15.8 Å². The van der Waals surface area contributed by atoms with Gasteiger partial charge in [-0.1, -0.05) is 0 Å². The molecule has 1 fully saturated rings. The second kappa shape index (κ2) is 5.38. The Morgan fingerprint density at radius 3 is 2.89 bits per heavy atom. The van der Waals surface area contributed by atoms with E-state index in [-0.39, 0.29) is 0 Å². The average Bonchev–Trinajstić information content (AvgIpc) is 3.05. The Bertz CT molecular complexity index is 584. The van der Waals surface area contributed by atoms with Crippen molar-refractivity contribution in [2.24, 2.45) is 0 Å². The molecular formula is C14H18BrN3S. The van der Waals surface area contributed by atoms with E-state index < -0.39 is 0 Å². The van der Waals surface area contributed by atoms with Crippen LogP contribution in [0, 0.1) is 13.8 Å². The molecule has 0 aromatic carbocycles. The number of rotatable bonds is 5. The molecule has 2 aromatic rings. The number of nitrogens with zero attached hydrogens (tertiary/aromatic N) is 2. The van der Waals surface area contributed by atoms with Gasteiger partial charge in [0.25, 0.3) is 0 Å².